The number of thiocarbonyl (C=S) groups is 1. The third-order valence-electron chi connectivity index (χ3n) is 3.00. The van der Waals surface area contributed by atoms with Gasteiger partial charge in [-0.2, -0.15) is 0 Å². The van der Waals surface area contributed by atoms with E-state index in [9.17, 15) is 8.42 Å². The molecule has 0 radical (unpaired) electrons. The number of benzene rings is 1. The number of hydrogen-bond acceptors (Lipinski definition) is 4. The predicted molar refractivity (Wildman–Crippen MR) is 92.7 cm³/mol. The van der Waals surface area contributed by atoms with Crippen molar-refractivity contribution in [1.29, 1.82) is 0 Å². The van der Waals surface area contributed by atoms with Crippen molar-refractivity contribution in [2.24, 2.45) is 0 Å². The fourth-order valence-corrected chi connectivity index (χ4v) is 3.30. The van der Waals surface area contributed by atoms with Gasteiger partial charge in [-0.3, -0.25) is 0 Å². The molecule has 0 aliphatic heterocycles. The maximum Gasteiger partial charge on any atom is 0.242 e. The highest BCUT2D eigenvalue weighted by molar-refractivity contribution is 7.89. The van der Waals surface area contributed by atoms with Crippen LogP contribution in [0.5, 0.6) is 0 Å². The molecule has 0 saturated carbocycles. The molecule has 0 bridgehead atoms. The van der Waals surface area contributed by atoms with Gasteiger partial charge in [-0.25, -0.2) is 12.7 Å². The molecule has 1 unspecified atom stereocenters. The molecule has 0 fully saturated rings. The van der Waals surface area contributed by atoms with Crippen LogP contribution in [-0.2, 0) is 14.8 Å². The molecule has 0 aromatic heterocycles. The molecular weight excluding hydrogens is 322 g/mol. The van der Waals surface area contributed by atoms with Crippen molar-refractivity contribution in [3.8, 4) is 0 Å². The number of nitrogens with one attached hydrogen (secondary N) is 2. The van der Waals surface area contributed by atoms with Gasteiger partial charge >= 0.3 is 0 Å². The van der Waals surface area contributed by atoms with Crippen LogP contribution in [0, 0.1) is 6.92 Å². The molecule has 0 heterocycles. The summed E-state index contributed by atoms with van der Waals surface area (Å²) in [4.78, 5) is 0.259. The van der Waals surface area contributed by atoms with Crippen LogP contribution in [0.3, 0.4) is 0 Å². The van der Waals surface area contributed by atoms with Gasteiger partial charge in [0.05, 0.1) is 11.5 Å². The van der Waals surface area contributed by atoms with Gasteiger partial charge in [0.25, 0.3) is 0 Å². The molecule has 22 heavy (non-hydrogen) atoms. The van der Waals surface area contributed by atoms with Gasteiger partial charge in [0, 0.05) is 32.9 Å². The number of methoxy groups -OCH3 is 1. The van der Waals surface area contributed by atoms with Crippen LogP contribution >= 0.6 is 12.2 Å². The van der Waals surface area contributed by atoms with Crippen LogP contribution in [0.2, 0.25) is 0 Å². The summed E-state index contributed by atoms with van der Waals surface area (Å²) in [5, 5.41) is 6.47. The minimum Gasteiger partial charge on any atom is -0.383 e. The van der Waals surface area contributed by atoms with Gasteiger partial charge in [-0.05, 0) is 43.8 Å². The number of nitrogens with zero attached hydrogens (tertiary/aromatic N) is 1. The van der Waals surface area contributed by atoms with Gasteiger partial charge in [-0.1, -0.05) is 6.07 Å². The summed E-state index contributed by atoms with van der Waals surface area (Å²) >= 11 is 5.21. The summed E-state index contributed by atoms with van der Waals surface area (Å²) < 4.78 is 30.8. The molecule has 0 saturated heterocycles. The van der Waals surface area contributed by atoms with Crippen LogP contribution in [0.15, 0.2) is 23.1 Å². The lowest BCUT2D eigenvalue weighted by Gasteiger charge is -2.18. The Hall–Kier alpha value is -1.22. The van der Waals surface area contributed by atoms with Crippen LogP contribution in [0.4, 0.5) is 5.69 Å². The van der Waals surface area contributed by atoms with Crippen LogP contribution < -0.4 is 10.6 Å². The van der Waals surface area contributed by atoms with Crippen molar-refractivity contribution in [1.82, 2.24) is 9.62 Å². The normalized spacial score (nSPS) is 13.0. The number of aryl methyl sites for hydroxylation is 1. The fourth-order valence-electron chi connectivity index (χ4n) is 1.84. The SMILES string of the molecule is COCC(C)NC(=S)Nc1ccc(C)c(S(=O)(=O)N(C)C)c1. The molecule has 0 spiro atoms. The molecule has 1 aromatic rings. The molecule has 1 rings (SSSR count). The average molecular weight is 345 g/mol. The zero-order valence-corrected chi connectivity index (χ0v) is 15.1. The largest absolute Gasteiger partial charge is 0.383 e. The van der Waals surface area contributed by atoms with E-state index in [1.165, 1.54) is 18.4 Å². The summed E-state index contributed by atoms with van der Waals surface area (Å²) in [6.07, 6.45) is 0. The number of rotatable bonds is 6. The number of ether oxygens (including phenoxy) is 1. The Labute approximate surface area is 137 Å². The monoisotopic (exact) mass is 345 g/mol. The summed E-state index contributed by atoms with van der Waals surface area (Å²) in [7, 11) is 1.15. The van der Waals surface area contributed by atoms with E-state index in [2.05, 4.69) is 10.6 Å². The Morgan fingerprint density at radius 3 is 2.59 bits per heavy atom. The molecule has 1 atom stereocenters. The highest BCUT2D eigenvalue weighted by atomic mass is 32.2. The Balaban J connectivity index is 2.93. The van der Waals surface area contributed by atoms with Crippen LogP contribution in [0.1, 0.15) is 12.5 Å². The van der Waals surface area contributed by atoms with Gasteiger partial charge in [-0.15, -0.1) is 0 Å². The molecule has 1 aromatic carbocycles. The standard InChI is InChI=1S/C14H23N3O3S2/c1-10-6-7-12(8-13(10)22(18,19)17(3)4)16-14(21)15-11(2)9-20-5/h6-8,11H,9H2,1-5H3,(H2,15,16,21). The van der Waals surface area contributed by atoms with Crippen molar-refractivity contribution in [3.05, 3.63) is 23.8 Å². The maximum atomic E-state index is 12.3. The molecule has 6 nitrogen and oxygen atoms in total. The average Bonchev–Trinajstić information content (AvgIpc) is 2.40. The first-order valence-electron chi connectivity index (χ1n) is 6.78. The van der Waals surface area contributed by atoms with E-state index in [1.807, 2.05) is 6.92 Å². The van der Waals surface area contributed by atoms with E-state index >= 15 is 0 Å². The zero-order valence-electron chi connectivity index (χ0n) is 13.5. The first-order valence-corrected chi connectivity index (χ1v) is 8.63. The Kier molecular flexibility index (Phi) is 6.73. The number of anilines is 1. The second-order valence-corrected chi connectivity index (χ2v) is 7.75. The van der Waals surface area contributed by atoms with Gasteiger partial charge < -0.3 is 15.4 Å². The van der Waals surface area contributed by atoms with Gasteiger partial charge in [0.1, 0.15) is 0 Å². The summed E-state index contributed by atoms with van der Waals surface area (Å²) in [6.45, 7) is 4.22. The highest BCUT2D eigenvalue weighted by Gasteiger charge is 2.20. The zero-order chi connectivity index (χ0) is 16.9. The van der Waals surface area contributed by atoms with Crippen molar-refractivity contribution >= 4 is 33.0 Å². The quantitative estimate of drug-likeness (QED) is 0.763. The maximum absolute atomic E-state index is 12.3. The molecule has 0 aliphatic rings. The molecule has 2 N–H and O–H groups in total. The molecule has 124 valence electrons. The smallest absolute Gasteiger partial charge is 0.242 e. The van der Waals surface area contributed by atoms with Crippen molar-refractivity contribution in [3.63, 3.8) is 0 Å². The second-order valence-electron chi connectivity index (χ2n) is 5.22. The van der Waals surface area contributed by atoms with E-state index in [0.717, 1.165) is 0 Å². The fraction of sp³-hybridized carbons (Fsp3) is 0.500. The Morgan fingerprint density at radius 1 is 1.41 bits per heavy atom. The predicted octanol–water partition coefficient (Wildman–Crippen LogP) is 1.57. The Bertz CT molecular complexity index is 630. The van der Waals surface area contributed by atoms with Crippen molar-refractivity contribution in [2.45, 2.75) is 24.8 Å². The third-order valence-corrected chi connectivity index (χ3v) is 5.18. The van der Waals surface area contributed by atoms with Crippen molar-refractivity contribution < 1.29 is 13.2 Å². The summed E-state index contributed by atoms with van der Waals surface area (Å²) in [5.74, 6) is 0. The van der Waals surface area contributed by atoms with Gasteiger partial charge in [0.2, 0.25) is 10.0 Å². The second kappa shape index (κ2) is 7.87. The minimum absolute atomic E-state index is 0.0560. The lowest BCUT2D eigenvalue weighted by molar-refractivity contribution is 0.179. The topological polar surface area (TPSA) is 70.7 Å². The van der Waals surface area contributed by atoms with E-state index in [0.29, 0.717) is 23.0 Å². The van der Waals surface area contributed by atoms with Crippen molar-refractivity contribution in [2.75, 3.05) is 33.1 Å². The minimum atomic E-state index is -3.49. The van der Waals surface area contributed by atoms with Crippen LogP contribution in [0.25, 0.3) is 0 Å². The van der Waals surface area contributed by atoms with E-state index in [4.69, 9.17) is 17.0 Å². The molecule has 0 aliphatic carbocycles. The highest BCUT2D eigenvalue weighted by Crippen LogP contribution is 2.22. The number of hydrogen-bond donors (Lipinski definition) is 2. The third kappa shape index (κ3) is 4.91. The Morgan fingerprint density at radius 2 is 2.05 bits per heavy atom. The lowest BCUT2D eigenvalue weighted by atomic mass is 10.2. The van der Waals surface area contributed by atoms with Crippen LogP contribution in [-0.4, -0.2) is 51.7 Å². The summed E-state index contributed by atoms with van der Waals surface area (Å²) in [6, 6.07) is 5.18. The van der Waals surface area contributed by atoms with E-state index in [1.54, 1.807) is 32.2 Å². The van der Waals surface area contributed by atoms with E-state index in [-0.39, 0.29) is 10.9 Å². The molecular formula is C14H23N3O3S2. The summed E-state index contributed by atoms with van der Waals surface area (Å²) in [5.41, 5.74) is 1.30. The van der Waals surface area contributed by atoms with Gasteiger partial charge in [0.15, 0.2) is 5.11 Å². The lowest BCUT2D eigenvalue weighted by Crippen LogP contribution is -2.38. The number of sulfonamides is 1. The molecule has 8 heteroatoms. The van der Waals surface area contributed by atoms with E-state index < -0.39 is 10.0 Å². The molecule has 0 amide bonds. The first kappa shape index (κ1) is 18.8. The first-order chi connectivity index (χ1) is 10.2.